The Labute approximate surface area is 168 Å². The number of benzene rings is 2. The highest BCUT2D eigenvalue weighted by Gasteiger charge is 2.25. The van der Waals surface area contributed by atoms with Crippen LogP contribution < -0.4 is 10.9 Å². The second-order valence-corrected chi connectivity index (χ2v) is 7.35. The third kappa shape index (κ3) is 3.31. The number of rotatable bonds is 5. The fourth-order valence-corrected chi connectivity index (χ4v) is 3.81. The number of hydrogen-bond donors (Lipinski definition) is 1. The molecule has 1 N–H and O–H groups in total. The standard InChI is InChI=1S/C23H24N4O2/c1-4-19(22(28)24-13-16-11-9-15(2)10-12-16)27-20-8-6-5-7-17(20)18-14-25-26(3)23(29)21(18)27/h5-12,14,19H,4,13H2,1-3H3,(H,24,28). The molecule has 0 fully saturated rings. The topological polar surface area (TPSA) is 68.9 Å². The lowest BCUT2D eigenvalue weighted by Gasteiger charge is -2.19. The molecule has 4 aromatic rings. The van der Waals surface area contributed by atoms with E-state index < -0.39 is 6.04 Å². The van der Waals surface area contributed by atoms with Gasteiger partial charge in [0.15, 0.2) is 0 Å². The molecule has 2 aromatic carbocycles. The number of hydrogen-bond acceptors (Lipinski definition) is 3. The van der Waals surface area contributed by atoms with E-state index in [4.69, 9.17) is 0 Å². The van der Waals surface area contributed by atoms with Gasteiger partial charge in [-0.15, -0.1) is 0 Å². The molecule has 6 heteroatoms. The Balaban J connectivity index is 1.78. The summed E-state index contributed by atoms with van der Waals surface area (Å²) in [5.74, 6) is -0.102. The highest BCUT2D eigenvalue weighted by Crippen LogP contribution is 2.30. The summed E-state index contributed by atoms with van der Waals surface area (Å²) in [5, 5.41) is 8.91. The summed E-state index contributed by atoms with van der Waals surface area (Å²) < 4.78 is 3.19. The van der Waals surface area contributed by atoms with E-state index in [9.17, 15) is 9.59 Å². The molecule has 0 aliphatic rings. The van der Waals surface area contributed by atoms with Crippen molar-refractivity contribution < 1.29 is 4.79 Å². The van der Waals surface area contributed by atoms with Gasteiger partial charge >= 0.3 is 0 Å². The molecule has 2 heterocycles. The average Bonchev–Trinajstić information content (AvgIpc) is 3.06. The highest BCUT2D eigenvalue weighted by atomic mass is 16.2. The van der Waals surface area contributed by atoms with E-state index in [-0.39, 0.29) is 11.5 Å². The second kappa shape index (κ2) is 7.54. The van der Waals surface area contributed by atoms with Crippen LogP contribution in [0.15, 0.2) is 59.5 Å². The zero-order valence-corrected chi connectivity index (χ0v) is 16.8. The maximum atomic E-state index is 13.1. The number of nitrogens with one attached hydrogen (secondary N) is 1. The number of amides is 1. The summed E-state index contributed by atoms with van der Waals surface area (Å²) in [4.78, 5) is 26.1. The Morgan fingerprint density at radius 3 is 2.55 bits per heavy atom. The lowest BCUT2D eigenvalue weighted by Crippen LogP contribution is -2.33. The van der Waals surface area contributed by atoms with E-state index in [1.165, 1.54) is 10.2 Å². The molecule has 1 amide bonds. The van der Waals surface area contributed by atoms with Gasteiger partial charge in [-0.05, 0) is 25.0 Å². The lowest BCUT2D eigenvalue weighted by molar-refractivity contribution is -0.124. The van der Waals surface area contributed by atoms with Crippen LogP contribution in [0.1, 0.15) is 30.5 Å². The Bertz CT molecular complexity index is 1250. The van der Waals surface area contributed by atoms with E-state index in [1.54, 1.807) is 13.2 Å². The quantitative estimate of drug-likeness (QED) is 0.569. The smallest absolute Gasteiger partial charge is 0.291 e. The first-order valence-electron chi connectivity index (χ1n) is 9.79. The largest absolute Gasteiger partial charge is 0.350 e. The molecule has 4 rings (SSSR count). The van der Waals surface area contributed by atoms with Crippen molar-refractivity contribution >= 4 is 27.7 Å². The van der Waals surface area contributed by atoms with E-state index in [0.717, 1.165) is 21.9 Å². The van der Waals surface area contributed by atoms with E-state index in [1.807, 2.05) is 66.9 Å². The van der Waals surface area contributed by atoms with Gasteiger partial charge in [-0.3, -0.25) is 9.59 Å². The molecule has 0 radical (unpaired) electrons. The number of aryl methyl sites for hydroxylation is 2. The van der Waals surface area contributed by atoms with Gasteiger partial charge in [0.25, 0.3) is 5.56 Å². The van der Waals surface area contributed by atoms with Crippen LogP contribution >= 0.6 is 0 Å². The molecule has 1 atom stereocenters. The van der Waals surface area contributed by atoms with Gasteiger partial charge in [0.2, 0.25) is 5.91 Å². The number of nitrogens with zero attached hydrogens (tertiary/aromatic N) is 3. The molecule has 1 unspecified atom stereocenters. The molecule has 6 nitrogen and oxygen atoms in total. The summed E-state index contributed by atoms with van der Waals surface area (Å²) >= 11 is 0. The minimum atomic E-state index is -0.488. The van der Waals surface area contributed by atoms with Gasteiger partial charge in [-0.25, -0.2) is 4.68 Å². The van der Waals surface area contributed by atoms with Crippen molar-refractivity contribution in [2.45, 2.75) is 32.9 Å². The Hall–Kier alpha value is -3.41. The Kier molecular flexibility index (Phi) is 4.92. The highest BCUT2D eigenvalue weighted by molar-refractivity contribution is 6.08. The molecule has 0 aliphatic heterocycles. The monoisotopic (exact) mass is 388 g/mol. The van der Waals surface area contributed by atoms with Crippen molar-refractivity contribution in [3.05, 3.63) is 76.2 Å². The summed E-state index contributed by atoms with van der Waals surface area (Å²) in [7, 11) is 1.63. The predicted octanol–water partition coefficient (Wildman–Crippen LogP) is 3.46. The zero-order valence-electron chi connectivity index (χ0n) is 16.8. The predicted molar refractivity (Wildman–Crippen MR) is 115 cm³/mol. The third-order valence-electron chi connectivity index (χ3n) is 5.39. The summed E-state index contributed by atoms with van der Waals surface area (Å²) in [6, 6.07) is 15.4. The first kappa shape index (κ1) is 18.9. The molecule has 0 bridgehead atoms. The van der Waals surface area contributed by atoms with Crippen molar-refractivity contribution in [1.29, 1.82) is 0 Å². The zero-order chi connectivity index (χ0) is 20.5. The number of fused-ring (bicyclic) bond motifs is 3. The Morgan fingerprint density at radius 2 is 1.83 bits per heavy atom. The molecule has 148 valence electrons. The number of aromatic nitrogens is 3. The summed E-state index contributed by atoms with van der Waals surface area (Å²) in [6.07, 6.45) is 2.27. The SMILES string of the molecule is CCC(C(=O)NCc1ccc(C)cc1)n1c2ccccc2c2cnn(C)c(=O)c21. The number of carbonyl (C=O) groups excluding carboxylic acids is 1. The first-order valence-corrected chi connectivity index (χ1v) is 9.79. The van der Waals surface area contributed by atoms with Crippen molar-refractivity contribution in [3.63, 3.8) is 0 Å². The van der Waals surface area contributed by atoms with Gasteiger partial charge in [0, 0.05) is 24.4 Å². The van der Waals surface area contributed by atoms with E-state index >= 15 is 0 Å². The summed E-state index contributed by atoms with van der Waals surface area (Å²) in [5.41, 5.74) is 3.40. The number of para-hydroxylation sites is 1. The van der Waals surface area contributed by atoms with Gasteiger partial charge in [-0.1, -0.05) is 55.0 Å². The number of carbonyl (C=O) groups is 1. The first-order chi connectivity index (χ1) is 14.0. The van der Waals surface area contributed by atoms with Crippen LogP contribution in [0, 0.1) is 6.92 Å². The van der Waals surface area contributed by atoms with E-state index in [0.29, 0.717) is 18.5 Å². The van der Waals surface area contributed by atoms with Crippen LogP contribution in [0.2, 0.25) is 0 Å². The maximum Gasteiger partial charge on any atom is 0.291 e. The van der Waals surface area contributed by atoms with Crippen LogP contribution in [0.25, 0.3) is 21.8 Å². The fraction of sp³-hybridized carbons (Fsp3) is 0.261. The molecule has 0 saturated carbocycles. The molecule has 0 spiro atoms. The molecule has 0 aliphatic carbocycles. The molecule has 0 saturated heterocycles. The lowest BCUT2D eigenvalue weighted by atomic mass is 10.1. The maximum absolute atomic E-state index is 13.1. The second-order valence-electron chi connectivity index (χ2n) is 7.35. The van der Waals surface area contributed by atoms with Crippen molar-refractivity contribution in [2.24, 2.45) is 7.05 Å². The fourth-order valence-electron chi connectivity index (χ4n) is 3.81. The molecular weight excluding hydrogens is 364 g/mol. The third-order valence-corrected chi connectivity index (χ3v) is 5.39. The van der Waals surface area contributed by atoms with Crippen LogP contribution in [-0.2, 0) is 18.4 Å². The molecule has 2 aromatic heterocycles. The minimum Gasteiger partial charge on any atom is -0.350 e. The van der Waals surface area contributed by atoms with Gasteiger partial charge in [-0.2, -0.15) is 5.10 Å². The average molecular weight is 388 g/mol. The van der Waals surface area contributed by atoms with Crippen molar-refractivity contribution in [1.82, 2.24) is 19.7 Å². The molecule has 29 heavy (non-hydrogen) atoms. The van der Waals surface area contributed by atoms with Gasteiger partial charge < -0.3 is 9.88 Å². The van der Waals surface area contributed by atoms with Crippen LogP contribution in [-0.4, -0.2) is 20.3 Å². The molecular formula is C23H24N4O2. The minimum absolute atomic E-state index is 0.102. The normalized spacial score (nSPS) is 12.4. The van der Waals surface area contributed by atoms with Gasteiger partial charge in [0.05, 0.1) is 11.7 Å². The van der Waals surface area contributed by atoms with E-state index in [2.05, 4.69) is 10.4 Å². The Morgan fingerprint density at radius 1 is 1.10 bits per heavy atom. The summed E-state index contributed by atoms with van der Waals surface area (Å²) in [6.45, 7) is 4.45. The van der Waals surface area contributed by atoms with Crippen LogP contribution in [0.5, 0.6) is 0 Å². The van der Waals surface area contributed by atoms with Crippen LogP contribution in [0.3, 0.4) is 0 Å². The van der Waals surface area contributed by atoms with Gasteiger partial charge in [0.1, 0.15) is 11.6 Å². The van der Waals surface area contributed by atoms with Crippen molar-refractivity contribution in [3.8, 4) is 0 Å². The van der Waals surface area contributed by atoms with Crippen LogP contribution in [0.4, 0.5) is 0 Å². The van der Waals surface area contributed by atoms with Crippen molar-refractivity contribution in [2.75, 3.05) is 0 Å².